The lowest BCUT2D eigenvalue weighted by molar-refractivity contribution is 0.0454. The van der Waals surface area contributed by atoms with Crippen molar-refractivity contribution in [3.63, 3.8) is 0 Å². The van der Waals surface area contributed by atoms with Crippen molar-refractivity contribution in [2.45, 2.75) is 25.4 Å². The second kappa shape index (κ2) is 5.39. The zero-order chi connectivity index (χ0) is 14.0. The molecule has 0 amide bonds. The third kappa shape index (κ3) is 2.69. The number of rotatable bonds is 3. The molecule has 0 aliphatic carbocycles. The number of benzene rings is 1. The van der Waals surface area contributed by atoms with Gasteiger partial charge in [0, 0.05) is 18.6 Å². The van der Waals surface area contributed by atoms with Crippen LogP contribution >= 0.6 is 0 Å². The maximum Gasteiger partial charge on any atom is 0.142 e. The minimum absolute atomic E-state index is 0.0203. The number of anilines is 1. The molecule has 1 aromatic carbocycles. The summed E-state index contributed by atoms with van der Waals surface area (Å²) in [5, 5.41) is 9.59. The Morgan fingerprint density at radius 1 is 1.37 bits per heavy atom. The van der Waals surface area contributed by atoms with Crippen molar-refractivity contribution in [1.29, 1.82) is 0 Å². The summed E-state index contributed by atoms with van der Waals surface area (Å²) in [5.41, 5.74) is 1.12. The van der Waals surface area contributed by atoms with E-state index in [-0.39, 0.29) is 18.2 Å². The molecule has 0 aromatic heterocycles. The molecule has 1 aliphatic rings. The van der Waals surface area contributed by atoms with E-state index in [1.807, 2.05) is 18.2 Å². The van der Waals surface area contributed by atoms with Crippen molar-refractivity contribution in [3.05, 3.63) is 24.3 Å². The highest BCUT2D eigenvalue weighted by Gasteiger charge is 2.37. The molecule has 1 heterocycles. The zero-order valence-electron chi connectivity index (χ0n) is 12.3. The molecule has 1 atom stereocenters. The Kier molecular flexibility index (Phi) is 4.02. The Morgan fingerprint density at radius 2 is 2.05 bits per heavy atom. The van der Waals surface area contributed by atoms with Gasteiger partial charge in [0.2, 0.25) is 0 Å². The first-order chi connectivity index (χ1) is 8.99. The van der Waals surface area contributed by atoms with Crippen LogP contribution in [0.15, 0.2) is 24.3 Å². The molecule has 0 saturated carbocycles. The number of aliphatic hydroxyl groups excluding tert-OH is 1. The van der Waals surface area contributed by atoms with E-state index < -0.39 is 0 Å². The fourth-order valence-corrected chi connectivity index (χ4v) is 2.77. The Labute approximate surface area is 115 Å². The number of ether oxygens (including phenoxy) is 1. The van der Waals surface area contributed by atoms with E-state index in [1.54, 1.807) is 7.11 Å². The van der Waals surface area contributed by atoms with Gasteiger partial charge in [-0.15, -0.1) is 0 Å². The van der Waals surface area contributed by atoms with Crippen molar-refractivity contribution < 1.29 is 9.84 Å². The van der Waals surface area contributed by atoms with Crippen molar-refractivity contribution in [3.8, 4) is 5.75 Å². The molecular weight excluding hydrogens is 240 g/mol. The number of nitrogens with zero attached hydrogens (tertiary/aromatic N) is 2. The predicted octanol–water partition coefficient (Wildman–Crippen LogP) is 1.59. The molecule has 0 bridgehead atoms. The van der Waals surface area contributed by atoms with Gasteiger partial charge >= 0.3 is 0 Å². The third-order valence-corrected chi connectivity index (χ3v) is 4.15. The lowest BCUT2D eigenvalue weighted by Crippen LogP contribution is -2.63. The van der Waals surface area contributed by atoms with Crippen LogP contribution in [0.3, 0.4) is 0 Å². The smallest absolute Gasteiger partial charge is 0.142 e. The number of para-hydroxylation sites is 2. The standard InChI is InChI=1S/C15H24N2O2/c1-15(2)11-17(9-12(10-18)16(15)3)13-7-5-6-8-14(13)19-4/h5-8,12,18H,9-11H2,1-4H3. The molecule has 4 heteroatoms. The SMILES string of the molecule is COc1ccccc1N1CC(CO)N(C)C(C)(C)C1. The lowest BCUT2D eigenvalue weighted by Gasteiger charge is -2.50. The van der Waals surface area contributed by atoms with Crippen LogP contribution in [-0.4, -0.2) is 55.4 Å². The van der Waals surface area contributed by atoms with Crippen LogP contribution in [0.1, 0.15) is 13.8 Å². The summed E-state index contributed by atoms with van der Waals surface area (Å²) in [5.74, 6) is 0.888. The number of aliphatic hydroxyl groups is 1. The topological polar surface area (TPSA) is 35.9 Å². The average molecular weight is 264 g/mol. The van der Waals surface area contributed by atoms with Crippen molar-refractivity contribution in [2.75, 3.05) is 38.8 Å². The van der Waals surface area contributed by atoms with Crippen LogP contribution in [0.4, 0.5) is 5.69 Å². The molecule has 1 unspecified atom stereocenters. The number of methoxy groups -OCH3 is 1. The molecule has 19 heavy (non-hydrogen) atoms. The molecule has 1 saturated heterocycles. The fourth-order valence-electron chi connectivity index (χ4n) is 2.77. The maximum atomic E-state index is 9.59. The second-order valence-corrected chi connectivity index (χ2v) is 5.81. The molecule has 106 valence electrons. The van der Waals surface area contributed by atoms with E-state index in [2.05, 4.69) is 36.8 Å². The minimum atomic E-state index is 0.0203. The third-order valence-electron chi connectivity index (χ3n) is 4.15. The van der Waals surface area contributed by atoms with E-state index in [1.165, 1.54) is 0 Å². The molecule has 1 N–H and O–H groups in total. The molecule has 1 aromatic rings. The van der Waals surface area contributed by atoms with Crippen molar-refractivity contribution >= 4 is 5.69 Å². The summed E-state index contributed by atoms with van der Waals surface area (Å²) in [6, 6.07) is 8.21. The fraction of sp³-hybridized carbons (Fsp3) is 0.600. The highest BCUT2D eigenvalue weighted by molar-refractivity contribution is 5.59. The summed E-state index contributed by atoms with van der Waals surface area (Å²) in [6.45, 7) is 6.32. The van der Waals surface area contributed by atoms with E-state index >= 15 is 0 Å². The Hall–Kier alpha value is -1.26. The predicted molar refractivity (Wildman–Crippen MR) is 77.9 cm³/mol. The second-order valence-electron chi connectivity index (χ2n) is 5.81. The van der Waals surface area contributed by atoms with Gasteiger partial charge in [-0.25, -0.2) is 0 Å². The van der Waals surface area contributed by atoms with Crippen LogP contribution in [0, 0.1) is 0 Å². The van der Waals surface area contributed by atoms with E-state index in [0.717, 1.165) is 24.5 Å². The number of hydrogen-bond acceptors (Lipinski definition) is 4. The monoisotopic (exact) mass is 264 g/mol. The minimum Gasteiger partial charge on any atom is -0.495 e. The first-order valence-corrected chi connectivity index (χ1v) is 6.71. The summed E-state index contributed by atoms with van der Waals surface area (Å²) >= 11 is 0. The Balaban J connectivity index is 2.30. The molecule has 0 spiro atoms. The molecule has 1 aliphatic heterocycles. The first-order valence-electron chi connectivity index (χ1n) is 6.71. The van der Waals surface area contributed by atoms with Crippen LogP contribution in [-0.2, 0) is 0 Å². The molecule has 0 radical (unpaired) electrons. The number of hydrogen-bond donors (Lipinski definition) is 1. The number of likely N-dealkylation sites (N-methyl/N-ethyl adjacent to an activating group) is 1. The zero-order valence-corrected chi connectivity index (χ0v) is 12.3. The maximum absolute atomic E-state index is 9.59. The quantitative estimate of drug-likeness (QED) is 0.899. The van der Waals surface area contributed by atoms with Crippen molar-refractivity contribution in [1.82, 2.24) is 4.90 Å². The van der Waals surface area contributed by atoms with E-state index in [4.69, 9.17) is 4.74 Å². The highest BCUT2D eigenvalue weighted by atomic mass is 16.5. The van der Waals surface area contributed by atoms with Crippen LogP contribution in [0.5, 0.6) is 5.75 Å². The van der Waals surface area contributed by atoms with Gasteiger partial charge < -0.3 is 14.7 Å². The lowest BCUT2D eigenvalue weighted by atomic mass is 9.95. The van der Waals surface area contributed by atoms with Gasteiger partial charge in [-0.05, 0) is 33.0 Å². The van der Waals surface area contributed by atoms with Gasteiger partial charge in [0.25, 0.3) is 0 Å². The average Bonchev–Trinajstić information content (AvgIpc) is 2.41. The normalized spacial score (nSPS) is 23.4. The molecular formula is C15H24N2O2. The van der Waals surface area contributed by atoms with E-state index in [9.17, 15) is 5.11 Å². The Morgan fingerprint density at radius 3 is 2.68 bits per heavy atom. The van der Waals surface area contributed by atoms with Crippen LogP contribution in [0.2, 0.25) is 0 Å². The van der Waals surface area contributed by atoms with Gasteiger partial charge in [-0.2, -0.15) is 0 Å². The van der Waals surface area contributed by atoms with Crippen LogP contribution < -0.4 is 9.64 Å². The van der Waals surface area contributed by atoms with Gasteiger partial charge in [0.05, 0.1) is 25.4 Å². The van der Waals surface area contributed by atoms with Gasteiger partial charge in [0.1, 0.15) is 5.75 Å². The van der Waals surface area contributed by atoms with Gasteiger partial charge in [-0.3, -0.25) is 4.90 Å². The highest BCUT2D eigenvalue weighted by Crippen LogP contribution is 2.33. The summed E-state index contributed by atoms with van der Waals surface area (Å²) in [7, 11) is 3.78. The molecule has 4 nitrogen and oxygen atoms in total. The summed E-state index contributed by atoms with van der Waals surface area (Å²) < 4.78 is 5.44. The summed E-state index contributed by atoms with van der Waals surface area (Å²) in [6.07, 6.45) is 0. The molecule has 2 rings (SSSR count). The van der Waals surface area contributed by atoms with Gasteiger partial charge in [-0.1, -0.05) is 12.1 Å². The summed E-state index contributed by atoms with van der Waals surface area (Å²) in [4.78, 5) is 4.57. The van der Waals surface area contributed by atoms with E-state index in [0.29, 0.717) is 0 Å². The number of piperazine rings is 1. The first kappa shape index (κ1) is 14.2. The van der Waals surface area contributed by atoms with Crippen LogP contribution in [0.25, 0.3) is 0 Å². The largest absolute Gasteiger partial charge is 0.495 e. The van der Waals surface area contributed by atoms with Crippen molar-refractivity contribution in [2.24, 2.45) is 0 Å². The molecule has 1 fully saturated rings. The van der Waals surface area contributed by atoms with Gasteiger partial charge in [0.15, 0.2) is 0 Å². The Bertz CT molecular complexity index is 434.